The molecule has 3 heterocycles. The molecule has 2 aromatic heterocycles. The number of amides is 1. The molecule has 0 radical (unpaired) electrons. The van der Waals surface area contributed by atoms with Crippen LogP contribution in [0.1, 0.15) is 56.6 Å². The molecule has 1 fully saturated rings. The highest BCUT2D eigenvalue weighted by Crippen LogP contribution is 2.45. The molecule has 0 bridgehead atoms. The van der Waals surface area contributed by atoms with Gasteiger partial charge >= 0.3 is 0 Å². The second-order valence-corrected chi connectivity index (χ2v) is 10.1. The van der Waals surface area contributed by atoms with E-state index in [1.807, 2.05) is 0 Å². The van der Waals surface area contributed by atoms with E-state index in [0.29, 0.717) is 5.76 Å². The fourth-order valence-corrected chi connectivity index (χ4v) is 6.25. The largest absolute Gasteiger partial charge is 0.459 e. The third-order valence-electron chi connectivity index (χ3n) is 6.75. The average Bonchev–Trinajstić information content (AvgIpc) is 3.45. The van der Waals surface area contributed by atoms with Crippen molar-refractivity contribution < 1.29 is 9.21 Å². The van der Waals surface area contributed by atoms with E-state index in [0.717, 1.165) is 44.0 Å². The number of carbonyl (C=O) groups is 1. The van der Waals surface area contributed by atoms with E-state index >= 15 is 0 Å². The van der Waals surface area contributed by atoms with Crippen molar-refractivity contribution in [2.45, 2.75) is 38.6 Å². The van der Waals surface area contributed by atoms with Crippen molar-refractivity contribution >= 4 is 22.2 Å². The molecule has 1 aromatic carbocycles. The summed E-state index contributed by atoms with van der Waals surface area (Å²) in [4.78, 5) is 19.4. The number of carbonyl (C=O) groups excluding carboxylic acids is 1. The van der Waals surface area contributed by atoms with Gasteiger partial charge in [0.15, 0.2) is 5.76 Å². The Hall–Kier alpha value is -2.41. The Labute approximate surface area is 194 Å². The maximum absolute atomic E-state index is 12.9. The van der Waals surface area contributed by atoms with Gasteiger partial charge in [-0.05, 0) is 62.9 Å². The number of hydrogen-bond acceptors (Lipinski definition) is 5. The number of thiophene rings is 1. The van der Waals surface area contributed by atoms with Crippen LogP contribution < -0.4 is 5.32 Å². The molecule has 0 unspecified atom stereocenters. The third-order valence-corrected chi connectivity index (χ3v) is 7.98. The van der Waals surface area contributed by atoms with Crippen molar-refractivity contribution in [3.63, 3.8) is 0 Å². The Morgan fingerprint density at radius 3 is 2.53 bits per heavy atom. The first-order valence-corrected chi connectivity index (χ1v) is 12.4. The fraction of sp³-hybridized carbons (Fsp3) is 0.423. The second kappa shape index (κ2) is 9.22. The van der Waals surface area contributed by atoms with Crippen LogP contribution in [0.15, 0.2) is 47.1 Å². The quantitative estimate of drug-likeness (QED) is 0.588. The van der Waals surface area contributed by atoms with Gasteiger partial charge in [0.25, 0.3) is 5.91 Å². The topological polar surface area (TPSA) is 48.7 Å². The van der Waals surface area contributed by atoms with Crippen LogP contribution in [-0.2, 0) is 12.8 Å². The third kappa shape index (κ3) is 4.27. The van der Waals surface area contributed by atoms with Gasteiger partial charge in [-0.3, -0.25) is 9.69 Å². The minimum atomic E-state index is -0.170. The molecule has 168 valence electrons. The van der Waals surface area contributed by atoms with Crippen LogP contribution >= 0.6 is 11.3 Å². The number of rotatable bonds is 5. The molecular formula is C26H31N3O2S. The normalized spacial score (nSPS) is 18.3. The molecule has 1 amide bonds. The lowest BCUT2D eigenvalue weighted by molar-refractivity contribution is 0.0996. The summed E-state index contributed by atoms with van der Waals surface area (Å²) in [7, 11) is 2.19. The first-order valence-electron chi connectivity index (χ1n) is 11.6. The van der Waals surface area contributed by atoms with Crippen LogP contribution in [0.4, 0.5) is 5.00 Å². The molecule has 0 saturated carbocycles. The Kier molecular flexibility index (Phi) is 6.17. The van der Waals surface area contributed by atoms with Crippen molar-refractivity contribution in [2.24, 2.45) is 0 Å². The summed E-state index contributed by atoms with van der Waals surface area (Å²) < 4.78 is 5.37. The average molecular weight is 450 g/mol. The van der Waals surface area contributed by atoms with Gasteiger partial charge < -0.3 is 14.6 Å². The predicted octanol–water partition coefficient (Wildman–Crippen LogP) is 5.12. The second-order valence-electron chi connectivity index (χ2n) is 9.04. The van der Waals surface area contributed by atoms with E-state index < -0.39 is 0 Å². The molecule has 5 rings (SSSR count). The highest BCUT2D eigenvalue weighted by molar-refractivity contribution is 7.16. The first kappa shape index (κ1) is 21.4. The number of nitrogens with one attached hydrogen (secondary N) is 1. The molecule has 3 aromatic rings. The zero-order valence-electron chi connectivity index (χ0n) is 18.9. The minimum Gasteiger partial charge on any atom is -0.459 e. The van der Waals surface area contributed by atoms with Gasteiger partial charge in [0, 0.05) is 36.6 Å². The van der Waals surface area contributed by atoms with E-state index in [9.17, 15) is 4.79 Å². The summed E-state index contributed by atoms with van der Waals surface area (Å²) in [5.41, 5.74) is 5.34. The van der Waals surface area contributed by atoms with E-state index in [2.05, 4.69) is 53.4 Å². The number of hydrogen-bond donors (Lipinski definition) is 1. The molecule has 1 N–H and O–H groups in total. The van der Waals surface area contributed by atoms with Crippen LogP contribution in [0.5, 0.6) is 0 Å². The molecule has 1 atom stereocenters. The Balaban J connectivity index is 1.59. The minimum absolute atomic E-state index is 0.148. The summed E-state index contributed by atoms with van der Waals surface area (Å²) in [6, 6.07) is 12.6. The molecule has 6 heteroatoms. The Morgan fingerprint density at radius 1 is 1.06 bits per heavy atom. The summed E-state index contributed by atoms with van der Waals surface area (Å²) in [5.74, 6) is 0.185. The van der Waals surface area contributed by atoms with E-state index in [-0.39, 0.29) is 11.9 Å². The maximum Gasteiger partial charge on any atom is 0.291 e. The number of anilines is 1. The number of piperazine rings is 1. The highest BCUT2D eigenvalue weighted by Gasteiger charge is 2.33. The van der Waals surface area contributed by atoms with Gasteiger partial charge in [0.1, 0.15) is 5.00 Å². The summed E-state index contributed by atoms with van der Waals surface area (Å²) >= 11 is 1.77. The predicted molar refractivity (Wildman–Crippen MR) is 130 cm³/mol. The smallest absolute Gasteiger partial charge is 0.291 e. The van der Waals surface area contributed by atoms with Gasteiger partial charge in [0.05, 0.1) is 12.3 Å². The van der Waals surface area contributed by atoms with Gasteiger partial charge in [-0.15, -0.1) is 11.3 Å². The number of fused-ring (bicyclic) bond motifs is 1. The SMILES string of the molecule is Cc1ccc([C@H](c2c(NC(=O)c3ccco3)sc3c2CCCC3)N2CCN(C)CC2)cc1. The molecule has 1 aliphatic carbocycles. The van der Waals surface area contributed by atoms with Crippen LogP contribution in [0.3, 0.4) is 0 Å². The van der Waals surface area contributed by atoms with E-state index in [1.165, 1.54) is 40.0 Å². The maximum atomic E-state index is 12.9. The standard InChI is InChI=1S/C26H31N3O2S/c1-18-9-11-19(12-10-18)24(29-15-13-28(2)14-16-29)23-20-6-3-4-8-22(20)32-26(23)27-25(30)21-7-5-17-31-21/h5,7,9-12,17,24H,3-4,6,8,13-16H2,1-2H3,(H,27,30)/t24-/m1/s1. The number of likely N-dealkylation sites (N-methyl/N-ethyl adjacent to an activating group) is 1. The lowest BCUT2D eigenvalue weighted by atomic mass is 9.88. The molecule has 2 aliphatic rings. The number of aryl methyl sites for hydroxylation is 2. The van der Waals surface area contributed by atoms with Gasteiger partial charge in [-0.1, -0.05) is 29.8 Å². The molecule has 1 aliphatic heterocycles. The summed E-state index contributed by atoms with van der Waals surface area (Å²) in [5, 5.41) is 4.22. The van der Waals surface area contributed by atoms with Crippen molar-refractivity contribution in [3.05, 3.63) is 75.6 Å². The number of furan rings is 1. The lowest BCUT2D eigenvalue weighted by Crippen LogP contribution is -2.46. The fourth-order valence-electron chi connectivity index (χ4n) is 4.93. The number of nitrogens with zero attached hydrogens (tertiary/aromatic N) is 2. The zero-order chi connectivity index (χ0) is 22.1. The Morgan fingerprint density at radius 2 is 1.81 bits per heavy atom. The van der Waals surface area contributed by atoms with Crippen molar-refractivity contribution in [1.29, 1.82) is 0 Å². The van der Waals surface area contributed by atoms with Crippen LogP contribution in [0, 0.1) is 6.92 Å². The van der Waals surface area contributed by atoms with E-state index in [4.69, 9.17) is 4.42 Å². The van der Waals surface area contributed by atoms with Crippen molar-refractivity contribution in [2.75, 3.05) is 38.5 Å². The number of benzene rings is 1. The molecular weight excluding hydrogens is 418 g/mol. The van der Waals surface area contributed by atoms with Crippen molar-refractivity contribution in [3.8, 4) is 0 Å². The van der Waals surface area contributed by atoms with Crippen LogP contribution in [-0.4, -0.2) is 48.9 Å². The van der Waals surface area contributed by atoms with Gasteiger partial charge in [0.2, 0.25) is 0 Å². The van der Waals surface area contributed by atoms with Crippen LogP contribution in [0.25, 0.3) is 0 Å². The molecule has 1 saturated heterocycles. The summed E-state index contributed by atoms with van der Waals surface area (Å²) in [6.45, 7) is 6.29. The highest BCUT2D eigenvalue weighted by atomic mass is 32.1. The molecule has 0 spiro atoms. The Bertz CT molecular complexity index is 1060. The molecule has 32 heavy (non-hydrogen) atoms. The van der Waals surface area contributed by atoms with Crippen LogP contribution in [0.2, 0.25) is 0 Å². The van der Waals surface area contributed by atoms with Gasteiger partial charge in [-0.25, -0.2) is 0 Å². The van der Waals surface area contributed by atoms with Crippen molar-refractivity contribution in [1.82, 2.24) is 9.80 Å². The zero-order valence-corrected chi connectivity index (χ0v) is 19.7. The van der Waals surface area contributed by atoms with E-state index in [1.54, 1.807) is 29.7 Å². The summed E-state index contributed by atoms with van der Waals surface area (Å²) in [6.07, 6.45) is 6.18. The van der Waals surface area contributed by atoms with Gasteiger partial charge in [-0.2, -0.15) is 0 Å². The lowest BCUT2D eigenvalue weighted by Gasteiger charge is -2.39. The monoisotopic (exact) mass is 449 g/mol. The first-order chi connectivity index (χ1) is 15.6. The molecule has 5 nitrogen and oxygen atoms in total.